The summed E-state index contributed by atoms with van der Waals surface area (Å²) in [6, 6.07) is 50.4. The van der Waals surface area contributed by atoms with Crippen LogP contribution in [-0.4, -0.2) is 200 Å². The van der Waals surface area contributed by atoms with Gasteiger partial charge in [-0.05, 0) is 163 Å². The zero-order valence-corrected chi connectivity index (χ0v) is 83.6. The van der Waals surface area contributed by atoms with Gasteiger partial charge in [0.15, 0.2) is 28.9 Å². The third-order valence-electron chi connectivity index (χ3n) is 19.9. The van der Waals surface area contributed by atoms with Gasteiger partial charge in [0, 0.05) is 108 Å². The van der Waals surface area contributed by atoms with E-state index < -0.39 is 63.3 Å². The van der Waals surface area contributed by atoms with Gasteiger partial charge in [-0.3, -0.25) is 67.1 Å². The lowest BCUT2D eigenvalue weighted by Crippen LogP contribution is -2.31. The normalized spacial score (nSPS) is 11.0. The Hall–Kier alpha value is -14.3. The van der Waals surface area contributed by atoms with Crippen LogP contribution in [0.1, 0.15) is 211 Å². The molecule has 0 aliphatic carbocycles. The fourth-order valence-corrected chi connectivity index (χ4v) is 12.8. The van der Waals surface area contributed by atoms with Gasteiger partial charge in [-0.1, -0.05) is 204 Å². The van der Waals surface area contributed by atoms with Gasteiger partial charge in [0.2, 0.25) is 15.9 Å². The van der Waals surface area contributed by atoms with E-state index in [2.05, 4.69) is 39.1 Å². The fraction of sp³-hybridized carbons (Fsp3) is 0.400. The van der Waals surface area contributed by atoms with E-state index in [9.17, 15) is 89.9 Å². The van der Waals surface area contributed by atoms with Crippen molar-refractivity contribution in [3.8, 4) is 0 Å². The third kappa shape index (κ3) is 63.9. The molecule has 780 valence electrons. The summed E-state index contributed by atoms with van der Waals surface area (Å²) in [6.07, 6.45) is 19.5. The van der Waals surface area contributed by atoms with Crippen LogP contribution in [-0.2, 0) is 180 Å². The van der Waals surface area contributed by atoms with Crippen LogP contribution < -0.4 is 44.9 Å². The average Bonchev–Trinajstić information content (AvgIpc) is 1.70. The number of hydroxylamine groups is 2. The Morgan fingerprint density at radius 1 is 0.385 bits per heavy atom. The molecule has 38 heteroatoms. The second kappa shape index (κ2) is 75.6. The molecule has 0 bridgehead atoms. The minimum absolute atomic E-state index is 0.00415. The van der Waals surface area contributed by atoms with E-state index >= 15 is 0 Å². The van der Waals surface area contributed by atoms with Crippen molar-refractivity contribution in [2.45, 2.75) is 218 Å². The number of aryl methyl sites for hydroxylation is 5. The number of esters is 4. The molecule has 0 unspecified atom stereocenters. The van der Waals surface area contributed by atoms with Crippen molar-refractivity contribution in [2.24, 2.45) is 33.8 Å². The first-order valence-corrected chi connectivity index (χ1v) is 47.8. The molecule has 8 rings (SSSR count). The van der Waals surface area contributed by atoms with Gasteiger partial charge in [0.1, 0.15) is 5.60 Å². The van der Waals surface area contributed by atoms with Crippen LogP contribution >= 0.6 is 0 Å². The van der Waals surface area contributed by atoms with Crippen molar-refractivity contribution in [2.75, 3.05) is 66.3 Å². The predicted molar refractivity (Wildman–Crippen MR) is 540 cm³/mol. The van der Waals surface area contributed by atoms with E-state index in [-0.39, 0.29) is 168 Å². The van der Waals surface area contributed by atoms with Crippen LogP contribution in [0.2, 0.25) is 0 Å². The number of anilines is 1. The van der Waals surface area contributed by atoms with Gasteiger partial charge in [-0.15, -0.1) is 5.06 Å². The lowest BCUT2D eigenvalue weighted by atomic mass is 9.99. The highest BCUT2D eigenvalue weighted by Gasteiger charge is 2.33. The molecule has 1 fully saturated rings. The topological polar surface area (TPSA) is 649 Å². The minimum Gasteiger partial charge on any atom is -0.481 e. The van der Waals surface area contributed by atoms with E-state index in [0.717, 1.165) is 118 Å². The number of primary sulfonamides is 1. The van der Waals surface area contributed by atoms with Crippen LogP contribution in [0, 0.1) is 0 Å². The fourth-order valence-electron chi connectivity index (χ4n) is 12.3. The number of nitrogens with one attached hydrogen (secondary N) is 1. The third-order valence-corrected chi connectivity index (χ3v) is 20.8. The number of nitrogens with zero attached hydrogens (tertiary/aromatic N) is 1. The molecule has 0 atom stereocenters. The van der Waals surface area contributed by atoms with Gasteiger partial charge >= 0.3 is 53.7 Å². The number of para-hydroxylation sites is 1. The van der Waals surface area contributed by atoms with Gasteiger partial charge in [0.25, 0.3) is 11.8 Å². The highest BCUT2D eigenvalue weighted by Crippen LogP contribution is 2.21. The van der Waals surface area contributed by atoms with Gasteiger partial charge in [-0.25, -0.2) is 27.9 Å². The Morgan fingerprint density at radius 3 is 1.07 bits per heavy atom. The van der Waals surface area contributed by atoms with E-state index in [4.69, 9.17) is 63.8 Å². The molecule has 0 saturated carbocycles. The maximum Gasteiger partial charge on any atom is 0.333 e. The summed E-state index contributed by atoms with van der Waals surface area (Å²) in [7, 11) is 0.351. The number of hydrogen-bond donors (Lipinski definition) is 12. The number of carboxylic acids is 4. The van der Waals surface area contributed by atoms with Crippen molar-refractivity contribution in [3.63, 3.8) is 0 Å². The van der Waals surface area contributed by atoms with Crippen LogP contribution in [0.3, 0.4) is 0 Å². The molecule has 143 heavy (non-hydrogen) atoms. The lowest BCUT2D eigenvalue weighted by molar-refractivity contribution is -0.197. The molecule has 1 aliphatic rings. The van der Waals surface area contributed by atoms with Crippen molar-refractivity contribution in [1.29, 1.82) is 0 Å². The van der Waals surface area contributed by atoms with Crippen molar-refractivity contribution >= 4 is 128 Å². The summed E-state index contributed by atoms with van der Waals surface area (Å²) in [6.45, 7) is 9.50. The van der Waals surface area contributed by atoms with Gasteiger partial charge in [0.05, 0.1) is 65.5 Å². The molecule has 37 nitrogen and oxygen atoms in total. The van der Waals surface area contributed by atoms with Gasteiger partial charge in [-0.2, -0.15) is 0 Å². The molecule has 0 aromatic heterocycles. The number of carbonyl (C=O) groups excluding carboxylic acids is 13. The number of unbranched alkanes of at least 4 members (excludes halogenated alkanes) is 6. The van der Waals surface area contributed by atoms with Gasteiger partial charge < -0.3 is 83.9 Å². The Morgan fingerprint density at radius 2 is 0.720 bits per heavy atom. The second-order valence-electron chi connectivity index (χ2n) is 32.6. The number of imide groups is 1. The number of carbonyl (C=O) groups is 17. The Kier molecular flexibility index (Phi) is 68.0. The zero-order chi connectivity index (χ0) is 108. The SMILES string of the molecule is CC(C)(C)OC(=O)CCc1ccc(S(N)(=O)=O)cc1.CCCCCCC(=O)NCC(=O)Cc1ccccc1CCC(=O)O.CCCCCCC(=O)ON1C(=O)CCC1=O.COC(=O)/C=C/c1ccccc1CC(=O)CN.COC(=O)/C=C/c1ccccc1N.COC(=O)CCc1ccccc1CC(=O)CN.NCC(=O)Cc1ccccc1CCC(=O)O.NCC(=O)Cc1ccccc1CCC(=O)O.NCC(=O)O. The number of rotatable bonds is 48. The number of sulfonamides is 1. The Labute approximate surface area is 835 Å². The van der Waals surface area contributed by atoms with Crippen LogP contribution in [0.25, 0.3) is 12.2 Å². The molecular formula is C105H141N9O28S. The minimum atomic E-state index is -3.67. The summed E-state index contributed by atoms with van der Waals surface area (Å²) in [5, 5.41) is 41.9. The van der Waals surface area contributed by atoms with Crippen molar-refractivity contribution in [1.82, 2.24) is 10.4 Å². The molecule has 1 aliphatic heterocycles. The molecule has 0 radical (unpaired) electrons. The maximum atomic E-state index is 12.1. The number of methoxy groups -OCH3 is 3. The summed E-state index contributed by atoms with van der Waals surface area (Å²) in [4.78, 5) is 192. The van der Waals surface area contributed by atoms with Crippen molar-refractivity contribution in [3.05, 3.63) is 249 Å². The number of ether oxygens (including phenoxy) is 4. The largest absolute Gasteiger partial charge is 0.481 e. The molecule has 7 aromatic rings. The highest BCUT2D eigenvalue weighted by molar-refractivity contribution is 7.89. The van der Waals surface area contributed by atoms with E-state index in [0.29, 0.717) is 62.1 Å². The number of carboxylic acid groups (broad SMARTS) is 4. The maximum absolute atomic E-state index is 12.1. The number of hydrogen-bond acceptors (Lipinski definition) is 30. The Balaban J connectivity index is 0.00000161. The smallest absolute Gasteiger partial charge is 0.333 e. The number of Topliss-reactive ketones (excluding diaryl/α,β-unsaturated/α-hetero) is 5. The number of aliphatic carboxylic acids is 4. The van der Waals surface area contributed by atoms with E-state index in [1.807, 2.05) is 160 Å². The number of nitrogens with two attached hydrogens (primary N) is 7. The molecule has 1 saturated heterocycles. The first kappa shape index (κ1) is 129. The number of amides is 3. The molecule has 3 amide bonds. The molecule has 0 spiro atoms. The molecular weight excluding hydrogens is 1870 g/mol. The zero-order valence-electron chi connectivity index (χ0n) is 82.8. The first-order valence-electron chi connectivity index (χ1n) is 46.3. The van der Waals surface area contributed by atoms with Crippen LogP contribution in [0.5, 0.6) is 0 Å². The molecule has 1 heterocycles. The average molecular weight is 2010 g/mol. The standard InChI is InChI=1S/C19H27NO4.C13H19NO4S.C13H17NO3.C13H15NO3.2C12H15NO3.C11H17NO4.C10H11NO2.C2H5NO2/c1-2-3-4-5-10-18(22)20-14-17(21)13-16-9-7-6-8-15(16)11-12-19(23)24;1-13(2,3)18-12(15)9-6-10-4-7-11(8-5-10)19(14,16)17;2*1-17-13(16)7-6-10-4-2-3-5-11(10)8-12(15)9-14;2*13-8-11(14)7-10-4-2-1-3-9(10)5-6-12(15)16;1-2-3-4-5-6-11(15)16-12-9(13)7-8-10(12)14;1-13-10(12)7-6-8-4-2-3-5-9(8)11;3-1-2(4)5/h6-9H,2-5,10-14H2,1H3,(H,20,22)(H,23,24);4-5,7-8H,6,9H2,1-3H3,(H2,14,16,17);2-5H,6-9,14H2,1H3;2-7H,8-9,14H2,1H3;2*1-4H,5-8,13H2,(H,15,16);2-8H2,1H3;2-7H,11H2,1H3;1,3H2,(H,4,5)/b;;;7-6+;;;;7-6+;. The summed E-state index contributed by atoms with van der Waals surface area (Å²) >= 11 is 0. The van der Waals surface area contributed by atoms with Crippen molar-refractivity contribution < 1.29 is 134 Å². The summed E-state index contributed by atoms with van der Waals surface area (Å²) in [5.74, 6) is -6.45. The monoisotopic (exact) mass is 2010 g/mol. The highest BCUT2D eigenvalue weighted by atomic mass is 32.2. The lowest BCUT2D eigenvalue weighted by Gasteiger charge is -2.19. The number of nitrogen functional groups attached to an aromatic ring is 1. The van der Waals surface area contributed by atoms with E-state index in [1.54, 1.807) is 30.4 Å². The van der Waals surface area contributed by atoms with E-state index in [1.165, 1.54) is 45.6 Å². The summed E-state index contributed by atoms with van der Waals surface area (Å²) in [5.41, 5.74) is 42.0. The predicted octanol–water partition coefficient (Wildman–Crippen LogP) is 9.91. The second-order valence-corrected chi connectivity index (χ2v) is 34.1. The molecule has 19 N–H and O–H groups in total. The first-order chi connectivity index (χ1) is 67.9. The number of benzene rings is 7. The quantitative estimate of drug-likeness (QED) is 0.00421. The van der Waals surface area contributed by atoms with Crippen LogP contribution in [0.15, 0.2) is 187 Å². The Bertz CT molecular complexity index is 5290. The number of ketones is 5. The molecule has 7 aromatic carbocycles. The van der Waals surface area contributed by atoms with Crippen LogP contribution in [0.4, 0.5) is 5.69 Å². The summed E-state index contributed by atoms with van der Waals surface area (Å²) < 4.78 is 40.9.